The number of benzene rings is 1. The number of hydrogen-bond donors (Lipinski definition) is 0. The molecule has 0 radical (unpaired) electrons. The molecule has 0 spiro atoms. The molecule has 2 aromatic heterocycles. The minimum absolute atomic E-state index is 0.134. The first-order valence-electron chi connectivity index (χ1n) is 8.91. The van der Waals surface area contributed by atoms with Crippen molar-refractivity contribution >= 4 is 39.2 Å². The van der Waals surface area contributed by atoms with Gasteiger partial charge in [-0.05, 0) is 38.3 Å². The lowest BCUT2D eigenvalue weighted by molar-refractivity contribution is -0.129. The smallest absolute Gasteiger partial charge is 0.235 e. The zero-order valence-corrected chi connectivity index (χ0v) is 16.6. The van der Waals surface area contributed by atoms with Gasteiger partial charge in [-0.3, -0.25) is 4.79 Å². The third-order valence-electron chi connectivity index (χ3n) is 4.58. The average molecular weight is 384 g/mol. The van der Waals surface area contributed by atoms with E-state index in [1.54, 1.807) is 23.1 Å². The zero-order chi connectivity index (χ0) is 18.1. The topological polar surface area (TPSA) is 46.1 Å². The van der Waals surface area contributed by atoms with Gasteiger partial charge in [0.05, 0.1) is 5.25 Å². The summed E-state index contributed by atoms with van der Waals surface area (Å²) in [5.41, 5.74) is 1.19. The van der Waals surface area contributed by atoms with Crippen molar-refractivity contribution in [3.63, 3.8) is 0 Å². The molecule has 0 unspecified atom stereocenters. The van der Waals surface area contributed by atoms with Gasteiger partial charge in [-0.15, -0.1) is 11.3 Å². The summed E-state index contributed by atoms with van der Waals surface area (Å²) in [6.45, 7) is 5.68. The molecule has 4 nitrogen and oxygen atoms in total. The number of aryl methyl sites for hydroxylation is 1. The Labute approximate surface area is 161 Å². The molecule has 1 saturated heterocycles. The van der Waals surface area contributed by atoms with Crippen molar-refractivity contribution in [3.8, 4) is 10.4 Å². The number of thiophene rings is 1. The van der Waals surface area contributed by atoms with Crippen molar-refractivity contribution in [1.29, 1.82) is 0 Å². The van der Waals surface area contributed by atoms with Gasteiger partial charge in [0.2, 0.25) is 5.91 Å². The Morgan fingerprint density at radius 1 is 1.19 bits per heavy atom. The molecular formula is C20H21N3OS2. The normalized spacial score (nSPS) is 15.5. The van der Waals surface area contributed by atoms with Gasteiger partial charge in [-0.2, -0.15) is 0 Å². The third-order valence-corrected chi connectivity index (χ3v) is 6.75. The van der Waals surface area contributed by atoms with E-state index in [4.69, 9.17) is 0 Å². The van der Waals surface area contributed by atoms with Gasteiger partial charge in [0, 0.05) is 23.4 Å². The molecule has 6 heteroatoms. The van der Waals surface area contributed by atoms with Gasteiger partial charge in [-0.25, -0.2) is 9.97 Å². The fourth-order valence-electron chi connectivity index (χ4n) is 3.24. The van der Waals surface area contributed by atoms with Gasteiger partial charge < -0.3 is 4.90 Å². The number of amides is 1. The van der Waals surface area contributed by atoms with E-state index in [0.29, 0.717) is 0 Å². The van der Waals surface area contributed by atoms with Crippen LogP contribution in [0.1, 0.15) is 25.6 Å². The second-order valence-electron chi connectivity index (χ2n) is 6.56. The number of carbonyl (C=O) groups is 1. The van der Waals surface area contributed by atoms with Crippen molar-refractivity contribution in [2.45, 2.75) is 37.0 Å². The van der Waals surface area contributed by atoms with Crippen LogP contribution in [0.3, 0.4) is 0 Å². The highest BCUT2D eigenvalue weighted by Crippen LogP contribution is 2.38. The van der Waals surface area contributed by atoms with Gasteiger partial charge >= 0.3 is 0 Å². The first-order chi connectivity index (χ1) is 12.6. The quantitative estimate of drug-likeness (QED) is 0.481. The fourth-order valence-corrected chi connectivity index (χ4v) is 5.44. The molecule has 1 aliphatic heterocycles. The van der Waals surface area contributed by atoms with E-state index in [1.807, 2.05) is 36.9 Å². The molecule has 3 heterocycles. The second-order valence-corrected chi connectivity index (χ2v) is 8.92. The number of thioether (sulfide) groups is 1. The van der Waals surface area contributed by atoms with Crippen LogP contribution < -0.4 is 0 Å². The molecule has 134 valence electrons. The molecule has 0 saturated carbocycles. The zero-order valence-electron chi connectivity index (χ0n) is 14.9. The molecular weight excluding hydrogens is 362 g/mol. The summed E-state index contributed by atoms with van der Waals surface area (Å²) in [6, 6.07) is 12.5. The van der Waals surface area contributed by atoms with Gasteiger partial charge in [-0.1, -0.05) is 42.1 Å². The van der Waals surface area contributed by atoms with E-state index in [-0.39, 0.29) is 11.2 Å². The van der Waals surface area contributed by atoms with E-state index in [2.05, 4.69) is 28.2 Å². The lowest BCUT2D eigenvalue weighted by atomic mass is 10.2. The highest BCUT2D eigenvalue weighted by molar-refractivity contribution is 8.00. The molecule has 0 aliphatic carbocycles. The van der Waals surface area contributed by atoms with Gasteiger partial charge in [0.1, 0.15) is 15.7 Å². The summed E-state index contributed by atoms with van der Waals surface area (Å²) in [7, 11) is 0. The molecule has 4 rings (SSSR count). The molecule has 1 fully saturated rings. The van der Waals surface area contributed by atoms with Crippen LogP contribution in [0.15, 0.2) is 41.4 Å². The number of likely N-dealkylation sites (tertiary alicyclic amines) is 1. The minimum Gasteiger partial charge on any atom is -0.342 e. The third kappa shape index (κ3) is 3.48. The summed E-state index contributed by atoms with van der Waals surface area (Å²) in [4.78, 5) is 26.1. The van der Waals surface area contributed by atoms with Gasteiger partial charge in [0.25, 0.3) is 0 Å². The molecule has 1 amide bonds. The largest absolute Gasteiger partial charge is 0.342 e. The Hall–Kier alpha value is -1.92. The SMILES string of the molecule is Cc1nc(S[C@H](C)C(=O)N2CCCC2)c2cc(-c3ccccc3)sc2n1. The van der Waals surface area contributed by atoms with Crippen molar-refractivity contribution in [2.75, 3.05) is 13.1 Å². The summed E-state index contributed by atoms with van der Waals surface area (Å²) in [5, 5.41) is 1.82. The summed E-state index contributed by atoms with van der Waals surface area (Å²) in [5.74, 6) is 0.970. The van der Waals surface area contributed by atoms with Crippen molar-refractivity contribution < 1.29 is 4.79 Å². The highest BCUT2D eigenvalue weighted by Gasteiger charge is 2.25. The van der Waals surface area contributed by atoms with Crippen molar-refractivity contribution in [3.05, 3.63) is 42.2 Å². The summed E-state index contributed by atoms with van der Waals surface area (Å²) >= 11 is 3.23. The van der Waals surface area contributed by atoms with Crippen LogP contribution >= 0.6 is 23.1 Å². The van der Waals surface area contributed by atoms with Crippen LogP contribution in [0.5, 0.6) is 0 Å². The first kappa shape index (κ1) is 17.5. The Bertz CT molecular complexity index is 933. The van der Waals surface area contributed by atoms with Crippen molar-refractivity contribution in [2.24, 2.45) is 0 Å². The van der Waals surface area contributed by atoms with E-state index in [0.717, 1.165) is 47.0 Å². The predicted octanol–water partition coefficient (Wildman–Crippen LogP) is 4.77. The lowest BCUT2D eigenvalue weighted by Crippen LogP contribution is -2.34. The standard InChI is InChI=1S/C20H21N3OS2/c1-13(20(24)23-10-6-7-11-23)25-18-16-12-17(15-8-4-3-5-9-15)26-19(16)22-14(2)21-18/h3-5,8-9,12-13H,6-7,10-11H2,1-2H3/t13-/m1/s1. The highest BCUT2D eigenvalue weighted by atomic mass is 32.2. The summed E-state index contributed by atoms with van der Waals surface area (Å²) in [6.07, 6.45) is 2.23. The molecule has 1 aromatic carbocycles. The minimum atomic E-state index is -0.134. The summed E-state index contributed by atoms with van der Waals surface area (Å²) < 4.78 is 0. The van der Waals surface area contributed by atoms with Crippen LogP contribution in [-0.4, -0.2) is 39.1 Å². The maximum Gasteiger partial charge on any atom is 0.235 e. The maximum atomic E-state index is 12.7. The monoisotopic (exact) mass is 383 g/mol. The molecule has 1 aliphatic rings. The van der Waals surface area contributed by atoms with Crippen LogP contribution in [0.2, 0.25) is 0 Å². The lowest BCUT2D eigenvalue weighted by Gasteiger charge is -2.19. The van der Waals surface area contributed by atoms with Crippen LogP contribution in [0.4, 0.5) is 0 Å². The van der Waals surface area contributed by atoms with E-state index in [1.165, 1.54) is 10.4 Å². The Balaban J connectivity index is 1.66. The van der Waals surface area contributed by atoms with Gasteiger partial charge in [0.15, 0.2) is 0 Å². The number of hydrogen-bond acceptors (Lipinski definition) is 5. The van der Waals surface area contributed by atoms with Crippen LogP contribution in [0.25, 0.3) is 20.7 Å². The molecule has 0 N–H and O–H groups in total. The van der Waals surface area contributed by atoms with E-state index < -0.39 is 0 Å². The number of aromatic nitrogens is 2. The first-order valence-corrected chi connectivity index (χ1v) is 10.6. The number of fused-ring (bicyclic) bond motifs is 1. The Kier molecular flexibility index (Phi) is 4.96. The predicted molar refractivity (Wildman–Crippen MR) is 109 cm³/mol. The second kappa shape index (κ2) is 7.37. The maximum absolute atomic E-state index is 12.7. The van der Waals surface area contributed by atoms with Crippen molar-refractivity contribution in [1.82, 2.24) is 14.9 Å². The van der Waals surface area contributed by atoms with Crippen LogP contribution in [0, 0.1) is 6.92 Å². The number of nitrogens with zero attached hydrogens (tertiary/aromatic N) is 3. The molecule has 3 aromatic rings. The van der Waals surface area contributed by atoms with E-state index >= 15 is 0 Å². The van der Waals surface area contributed by atoms with E-state index in [9.17, 15) is 4.79 Å². The molecule has 26 heavy (non-hydrogen) atoms. The molecule has 1 atom stereocenters. The van der Waals surface area contributed by atoms with Crippen LogP contribution in [-0.2, 0) is 4.79 Å². The fraction of sp³-hybridized carbons (Fsp3) is 0.350. The molecule has 0 bridgehead atoms. The Morgan fingerprint density at radius 3 is 2.65 bits per heavy atom. The number of carbonyl (C=O) groups excluding carboxylic acids is 1. The average Bonchev–Trinajstić information content (AvgIpc) is 3.31. The number of rotatable bonds is 4. The Morgan fingerprint density at radius 2 is 1.92 bits per heavy atom.